The highest BCUT2D eigenvalue weighted by atomic mass is 16.3. The second-order valence-corrected chi connectivity index (χ2v) is 10.9. The van der Waals surface area contributed by atoms with Crippen molar-refractivity contribution in [2.24, 2.45) is 23.2 Å². The summed E-state index contributed by atoms with van der Waals surface area (Å²) >= 11 is 0. The summed E-state index contributed by atoms with van der Waals surface area (Å²) in [7, 11) is 0. The Morgan fingerprint density at radius 1 is 1.19 bits per heavy atom. The van der Waals surface area contributed by atoms with Gasteiger partial charge in [-0.1, -0.05) is 57.6 Å². The Kier molecular flexibility index (Phi) is 8.22. The molecule has 0 aliphatic heterocycles. The number of allylic oxidation sites excluding steroid dienone is 4. The standard InChI is InChI=1S/C28H44O4/c1-5-28(32,6-2)16-7-9-19(3)23-13-14-24-20(10-8-15-27(23,24)4)11-12-21-17-22(29)18-25(30)26(21)31/h7,11-12,16,19,22-25,29-30,32H,5-6,8-10,13-15,17-18H2,1-4H3/b16-7+,20-11+,21-12-/t19-,22+,23?,24-,25-,27+/m0/s1. The highest BCUT2D eigenvalue weighted by Crippen LogP contribution is 2.59. The Hall–Kier alpha value is -1.23. The summed E-state index contributed by atoms with van der Waals surface area (Å²) in [5.41, 5.74) is 1.60. The number of hydrogen-bond acceptors (Lipinski definition) is 4. The molecule has 32 heavy (non-hydrogen) atoms. The van der Waals surface area contributed by atoms with Crippen LogP contribution < -0.4 is 0 Å². The number of rotatable bonds is 7. The quantitative estimate of drug-likeness (QED) is 0.369. The van der Waals surface area contributed by atoms with Crippen LogP contribution in [0.3, 0.4) is 0 Å². The summed E-state index contributed by atoms with van der Waals surface area (Å²) in [5, 5.41) is 30.4. The summed E-state index contributed by atoms with van der Waals surface area (Å²) in [6.45, 7) is 8.90. The molecule has 0 heterocycles. The summed E-state index contributed by atoms with van der Waals surface area (Å²) in [6, 6.07) is 0. The molecule has 3 N–H and O–H groups in total. The van der Waals surface area contributed by atoms with Crippen molar-refractivity contribution < 1.29 is 20.1 Å². The highest BCUT2D eigenvalue weighted by Gasteiger charge is 2.50. The van der Waals surface area contributed by atoms with Crippen LogP contribution >= 0.6 is 0 Å². The van der Waals surface area contributed by atoms with Crippen LogP contribution in [0, 0.1) is 23.2 Å². The van der Waals surface area contributed by atoms with E-state index in [1.54, 1.807) is 0 Å². The van der Waals surface area contributed by atoms with Gasteiger partial charge in [-0.15, -0.1) is 0 Å². The van der Waals surface area contributed by atoms with Gasteiger partial charge in [-0.05, 0) is 74.5 Å². The number of hydrogen-bond donors (Lipinski definition) is 3. The molecule has 0 bridgehead atoms. The molecule has 180 valence electrons. The minimum Gasteiger partial charge on any atom is -0.393 e. The van der Waals surface area contributed by atoms with E-state index in [1.807, 2.05) is 26.0 Å². The van der Waals surface area contributed by atoms with E-state index in [-0.39, 0.29) is 17.6 Å². The Labute approximate surface area is 194 Å². The molecule has 0 aromatic rings. The normalized spacial score (nSPS) is 37.4. The van der Waals surface area contributed by atoms with Crippen LogP contribution in [0.2, 0.25) is 0 Å². The number of fused-ring (bicyclic) bond motifs is 1. The minimum atomic E-state index is -1.07. The smallest absolute Gasteiger partial charge is 0.187 e. The first-order valence-electron chi connectivity index (χ1n) is 12.8. The molecule has 4 heteroatoms. The lowest BCUT2D eigenvalue weighted by atomic mass is 9.61. The van der Waals surface area contributed by atoms with Crippen LogP contribution in [0.1, 0.15) is 91.9 Å². The van der Waals surface area contributed by atoms with Crippen molar-refractivity contribution in [3.05, 3.63) is 35.5 Å². The fourth-order valence-electron chi connectivity index (χ4n) is 6.74. The van der Waals surface area contributed by atoms with Gasteiger partial charge in [0.15, 0.2) is 5.78 Å². The van der Waals surface area contributed by atoms with Gasteiger partial charge in [-0.25, -0.2) is 0 Å². The predicted octanol–water partition coefficient (Wildman–Crippen LogP) is 5.27. The van der Waals surface area contributed by atoms with Crippen molar-refractivity contribution in [1.82, 2.24) is 0 Å². The molecule has 0 spiro atoms. The molecule has 3 saturated carbocycles. The second-order valence-electron chi connectivity index (χ2n) is 10.9. The topological polar surface area (TPSA) is 77.8 Å². The molecule has 3 aliphatic rings. The van der Waals surface area contributed by atoms with Crippen molar-refractivity contribution in [2.75, 3.05) is 0 Å². The third kappa shape index (κ3) is 5.29. The van der Waals surface area contributed by atoms with E-state index in [1.165, 1.54) is 31.3 Å². The largest absolute Gasteiger partial charge is 0.393 e. The summed E-state index contributed by atoms with van der Waals surface area (Å²) < 4.78 is 0. The molecule has 4 nitrogen and oxygen atoms in total. The number of Topliss-reactive ketones (excluding diaryl/α,β-unsaturated/α-hetero) is 1. The van der Waals surface area contributed by atoms with E-state index in [2.05, 4.69) is 26.0 Å². The van der Waals surface area contributed by atoms with Crippen LogP contribution in [0.25, 0.3) is 0 Å². The van der Waals surface area contributed by atoms with Crippen molar-refractivity contribution in [3.8, 4) is 0 Å². The zero-order valence-electron chi connectivity index (χ0n) is 20.5. The summed E-state index contributed by atoms with van der Waals surface area (Å²) in [5.74, 6) is 1.54. The van der Waals surface area contributed by atoms with E-state index in [0.29, 0.717) is 29.7 Å². The van der Waals surface area contributed by atoms with Crippen molar-refractivity contribution in [3.63, 3.8) is 0 Å². The van der Waals surface area contributed by atoms with Gasteiger partial charge >= 0.3 is 0 Å². The first kappa shape index (κ1) is 25.4. The maximum absolute atomic E-state index is 12.3. The zero-order chi connectivity index (χ0) is 23.5. The van der Waals surface area contributed by atoms with E-state index >= 15 is 0 Å². The van der Waals surface area contributed by atoms with Crippen LogP contribution in [-0.2, 0) is 4.79 Å². The van der Waals surface area contributed by atoms with Crippen LogP contribution in [-0.4, -0.2) is 38.9 Å². The number of carbonyl (C=O) groups excluding carboxylic acids is 1. The van der Waals surface area contributed by atoms with Gasteiger partial charge in [0, 0.05) is 18.4 Å². The minimum absolute atomic E-state index is 0.148. The van der Waals surface area contributed by atoms with E-state index in [4.69, 9.17) is 0 Å². The van der Waals surface area contributed by atoms with E-state index in [0.717, 1.165) is 25.7 Å². The second kappa shape index (κ2) is 10.4. The Morgan fingerprint density at radius 2 is 1.91 bits per heavy atom. The van der Waals surface area contributed by atoms with Gasteiger partial charge in [-0.3, -0.25) is 4.79 Å². The summed E-state index contributed by atoms with van der Waals surface area (Å²) in [4.78, 5) is 12.3. The van der Waals surface area contributed by atoms with Crippen molar-refractivity contribution in [1.29, 1.82) is 0 Å². The first-order valence-corrected chi connectivity index (χ1v) is 12.8. The van der Waals surface area contributed by atoms with Gasteiger partial charge in [0.25, 0.3) is 0 Å². The molecule has 6 atom stereocenters. The Balaban J connectivity index is 1.72. The highest BCUT2D eigenvalue weighted by molar-refractivity contribution is 5.99. The van der Waals surface area contributed by atoms with Gasteiger partial charge in [0.2, 0.25) is 0 Å². The summed E-state index contributed by atoms with van der Waals surface area (Å²) in [6.07, 6.45) is 15.4. The molecule has 0 saturated heterocycles. The Bertz CT molecular complexity index is 759. The average Bonchev–Trinajstić information content (AvgIpc) is 3.12. The van der Waals surface area contributed by atoms with Gasteiger partial charge in [0.05, 0.1) is 11.7 Å². The van der Waals surface area contributed by atoms with Gasteiger partial charge in [0.1, 0.15) is 6.10 Å². The number of aliphatic hydroxyl groups excluding tert-OH is 2. The molecular formula is C28H44O4. The van der Waals surface area contributed by atoms with Crippen molar-refractivity contribution in [2.45, 2.75) is 110 Å². The molecule has 3 aliphatic carbocycles. The number of ketones is 1. The molecule has 0 radical (unpaired) electrons. The molecule has 0 aromatic heterocycles. The maximum atomic E-state index is 12.3. The van der Waals surface area contributed by atoms with Crippen LogP contribution in [0.4, 0.5) is 0 Å². The van der Waals surface area contributed by atoms with E-state index < -0.39 is 17.8 Å². The molecule has 0 aromatic carbocycles. The SMILES string of the molecule is CCC(O)(/C=C/C[C@H](C)C1CC[C@H]2/C(=C/C=C3/C[C@@H](O)C[C@H](O)C3=O)CCC[C@]12C)CC. The first-order chi connectivity index (χ1) is 15.1. The molecule has 3 rings (SSSR count). The Morgan fingerprint density at radius 3 is 2.59 bits per heavy atom. The fraction of sp³-hybridized carbons (Fsp3) is 0.750. The molecule has 0 amide bonds. The molecule has 1 unspecified atom stereocenters. The average molecular weight is 445 g/mol. The lowest BCUT2D eigenvalue weighted by Crippen LogP contribution is -2.36. The van der Waals surface area contributed by atoms with Crippen LogP contribution in [0.15, 0.2) is 35.5 Å². The zero-order valence-corrected chi connectivity index (χ0v) is 20.5. The lowest BCUT2D eigenvalue weighted by molar-refractivity contribution is -0.127. The third-order valence-corrected chi connectivity index (χ3v) is 8.95. The van der Waals surface area contributed by atoms with Gasteiger partial charge < -0.3 is 15.3 Å². The molecule has 3 fully saturated rings. The van der Waals surface area contributed by atoms with Crippen LogP contribution in [0.5, 0.6) is 0 Å². The van der Waals surface area contributed by atoms with E-state index in [9.17, 15) is 20.1 Å². The fourth-order valence-corrected chi connectivity index (χ4v) is 6.74. The predicted molar refractivity (Wildman–Crippen MR) is 129 cm³/mol. The molecular weight excluding hydrogens is 400 g/mol. The van der Waals surface area contributed by atoms with Crippen molar-refractivity contribution >= 4 is 5.78 Å². The number of carbonyl (C=O) groups is 1. The number of aliphatic hydroxyl groups is 3. The monoisotopic (exact) mass is 444 g/mol. The third-order valence-electron chi connectivity index (χ3n) is 8.95. The van der Waals surface area contributed by atoms with Gasteiger partial charge in [-0.2, -0.15) is 0 Å². The maximum Gasteiger partial charge on any atom is 0.187 e. The lowest BCUT2D eigenvalue weighted by Gasteiger charge is -2.44.